The van der Waals surface area contributed by atoms with Crippen LogP contribution >= 0.6 is 11.6 Å². The molecule has 1 aliphatic heterocycles. The number of benzene rings is 2. The van der Waals surface area contributed by atoms with Gasteiger partial charge in [-0.1, -0.05) is 48.0 Å². The van der Waals surface area contributed by atoms with Crippen LogP contribution in [-0.2, 0) is 4.79 Å². The van der Waals surface area contributed by atoms with Crippen LogP contribution in [0.25, 0.3) is 0 Å². The second-order valence-corrected chi connectivity index (χ2v) is 8.01. The van der Waals surface area contributed by atoms with E-state index < -0.39 is 6.04 Å². The van der Waals surface area contributed by atoms with E-state index in [1.807, 2.05) is 43.3 Å². The Morgan fingerprint density at radius 3 is 2.53 bits per heavy atom. The molecule has 3 rings (SSSR count). The molecule has 2 amide bonds. The van der Waals surface area contributed by atoms with Crippen molar-refractivity contribution in [3.63, 3.8) is 0 Å². The van der Waals surface area contributed by atoms with Crippen molar-refractivity contribution in [3.8, 4) is 5.75 Å². The summed E-state index contributed by atoms with van der Waals surface area (Å²) in [7, 11) is 1.63. The van der Waals surface area contributed by atoms with Gasteiger partial charge in [0.1, 0.15) is 11.8 Å². The maximum Gasteiger partial charge on any atom is 0.258 e. The third kappa shape index (κ3) is 5.22. The zero-order valence-corrected chi connectivity index (χ0v) is 18.2. The van der Waals surface area contributed by atoms with Gasteiger partial charge in [-0.05, 0) is 50.1 Å². The number of carbonyl (C=O) groups excluding carboxylic acids is 2. The van der Waals surface area contributed by atoms with Gasteiger partial charge in [0.2, 0.25) is 5.91 Å². The molecule has 0 saturated heterocycles. The molecule has 0 fully saturated rings. The van der Waals surface area contributed by atoms with Crippen molar-refractivity contribution in [3.05, 3.63) is 76.8 Å². The number of fused-ring (bicyclic) bond motifs is 1. The molecule has 1 aliphatic rings. The van der Waals surface area contributed by atoms with Crippen LogP contribution in [0.5, 0.6) is 5.75 Å². The number of ether oxygens (including phenoxy) is 1. The lowest BCUT2D eigenvalue weighted by atomic mass is 10.0. The third-order valence-corrected chi connectivity index (χ3v) is 5.54. The van der Waals surface area contributed by atoms with Gasteiger partial charge in [0, 0.05) is 18.5 Å². The van der Waals surface area contributed by atoms with Crippen LogP contribution in [0, 0.1) is 0 Å². The highest BCUT2D eigenvalue weighted by Gasteiger charge is 2.27. The van der Waals surface area contributed by atoms with Gasteiger partial charge in [-0.25, -0.2) is 0 Å². The lowest BCUT2D eigenvalue weighted by molar-refractivity contribution is -0.125. The van der Waals surface area contributed by atoms with Gasteiger partial charge in [-0.3, -0.25) is 9.59 Å². The molecule has 2 aromatic carbocycles. The summed E-state index contributed by atoms with van der Waals surface area (Å²) >= 11 is 6.16. The zero-order valence-electron chi connectivity index (χ0n) is 17.5. The number of hydrogen-bond donors (Lipinski definition) is 1. The highest BCUT2D eigenvalue weighted by atomic mass is 35.5. The second-order valence-electron chi connectivity index (χ2n) is 7.58. The Morgan fingerprint density at radius 1 is 1.03 bits per heavy atom. The Balaban J connectivity index is 1.93. The maximum atomic E-state index is 13.1. The maximum absolute atomic E-state index is 13.1. The van der Waals surface area contributed by atoms with E-state index in [-0.39, 0.29) is 24.0 Å². The van der Waals surface area contributed by atoms with E-state index in [1.54, 1.807) is 38.2 Å². The van der Waals surface area contributed by atoms with Crippen LogP contribution < -0.4 is 10.1 Å². The molecule has 30 heavy (non-hydrogen) atoms. The fraction of sp³-hybridized carbons (Fsp3) is 0.333. The largest absolute Gasteiger partial charge is 0.490 e. The van der Waals surface area contributed by atoms with E-state index in [0.29, 0.717) is 29.2 Å². The van der Waals surface area contributed by atoms with E-state index in [4.69, 9.17) is 16.3 Å². The normalized spacial score (nSPS) is 24.3. The third-order valence-electron chi connectivity index (χ3n) is 5.30. The fourth-order valence-corrected chi connectivity index (χ4v) is 3.57. The molecule has 0 spiro atoms. The molecule has 0 aliphatic carbocycles. The molecule has 5 nitrogen and oxygen atoms in total. The van der Waals surface area contributed by atoms with Crippen molar-refractivity contribution in [2.75, 3.05) is 7.05 Å². The van der Waals surface area contributed by atoms with Gasteiger partial charge in [-0.15, -0.1) is 0 Å². The van der Waals surface area contributed by atoms with Crippen molar-refractivity contribution in [1.29, 1.82) is 0 Å². The molecule has 6 heteroatoms. The summed E-state index contributed by atoms with van der Waals surface area (Å²) in [6.45, 7) is 3.69. The predicted octanol–water partition coefficient (Wildman–Crippen LogP) is 4.78. The van der Waals surface area contributed by atoms with Crippen LogP contribution in [0.4, 0.5) is 0 Å². The number of amides is 2. The Labute approximate surface area is 182 Å². The monoisotopic (exact) mass is 426 g/mol. The number of hydrogen-bond acceptors (Lipinski definition) is 3. The molecule has 2 aromatic rings. The first-order valence-corrected chi connectivity index (χ1v) is 10.5. The minimum atomic E-state index is -0.656. The number of nitrogens with zero attached hydrogens (tertiary/aromatic N) is 1. The summed E-state index contributed by atoms with van der Waals surface area (Å²) in [6.07, 6.45) is 5.29. The van der Waals surface area contributed by atoms with Gasteiger partial charge in [0.25, 0.3) is 5.91 Å². The molecule has 0 saturated carbocycles. The molecule has 158 valence electrons. The van der Waals surface area contributed by atoms with Gasteiger partial charge >= 0.3 is 0 Å². The quantitative estimate of drug-likeness (QED) is 0.668. The van der Waals surface area contributed by atoms with E-state index in [9.17, 15) is 9.59 Å². The van der Waals surface area contributed by atoms with Crippen molar-refractivity contribution < 1.29 is 14.3 Å². The Kier molecular flexibility index (Phi) is 7.16. The standard InChI is InChI=1S/C24H27ClN2O3/c1-16-9-4-6-13-21(18-10-8-11-19(25)15-18)26-23(28)17(2)27(3)24(29)20-12-5-7-14-22(20)30-16/h4-8,10-12,14-17,21H,9,13H2,1-3H3,(H,26,28)/b6-4-/t16-,17+,21-/m0/s1. The first-order valence-electron chi connectivity index (χ1n) is 10.1. The van der Waals surface area contributed by atoms with Gasteiger partial charge in [0.05, 0.1) is 17.7 Å². The molecule has 0 unspecified atom stereocenters. The zero-order chi connectivity index (χ0) is 21.7. The van der Waals surface area contributed by atoms with Crippen molar-refractivity contribution in [1.82, 2.24) is 10.2 Å². The first kappa shape index (κ1) is 21.9. The molecule has 0 radical (unpaired) electrons. The number of carbonyl (C=O) groups is 2. The summed E-state index contributed by atoms with van der Waals surface area (Å²) in [5.41, 5.74) is 1.36. The minimum absolute atomic E-state index is 0.0971. The molecule has 0 aromatic heterocycles. The Morgan fingerprint density at radius 2 is 1.77 bits per heavy atom. The van der Waals surface area contributed by atoms with Crippen LogP contribution in [0.15, 0.2) is 60.7 Å². The second kappa shape index (κ2) is 9.81. The van der Waals surface area contributed by atoms with Crippen molar-refractivity contribution in [2.24, 2.45) is 0 Å². The van der Waals surface area contributed by atoms with Gasteiger partial charge in [-0.2, -0.15) is 0 Å². The highest BCUT2D eigenvalue weighted by molar-refractivity contribution is 6.30. The molecule has 0 bridgehead atoms. The molecular weight excluding hydrogens is 400 g/mol. The van der Waals surface area contributed by atoms with Gasteiger partial charge < -0.3 is 15.0 Å². The van der Waals surface area contributed by atoms with Crippen LogP contribution in [0.2, 0.25) is 5.02 Å². The smallest absolute Gasteiger partial charge is 0.258 e. The lowest BCUT2D eigenvalue weighted by Crippen LogP contribution is -2.47. The summed E-state index contributed by atoms with van der Waals surface area (Å²) < 4.78 is 6.03. The highest BCUT2D eigenvalue weighted by Crippen LogP contribution is 2.25. The average molecular weight is 427 g/mol. The van der Waals surface area contributed by atoms with Crippen LogP contribution in [-0.4, -0.2) is 35.9 Å². The summed E-state index contributed by atoms with van der Waals surface area (Å²) in [5, 5.41) is 3.69. The Hall–Kier alpha value is -2.79. The fourth-order valence-electron chi connectivity index (χ4n) is 3.37. The summed E-state index contributed by atoms with van der Waals surface area (Å²) in [6, 6.07) is 13.7. The van der Waals surface area contributed by atoms with Crippen molar-refractivity contribution in [2.45, 2.75) is 44.9 Å². The van der Waals surface area contributed by atoms with Crippen LogP contribution in [0.3, 0.4) is 0 Å². The molecule has 1 heterocycles. The predicted molar refractivity (Wildman–Crippen MR) is 119 cm³/mol. The van der Waals surface area contributed by atoms with E-state index in [0.717, 1.165) is 5.56 Å². The molecule has 3 atom stereocenters. The number of halogens is 1. The van der Waals surface area contributed by atoms with Gasteiger partial charge in [0.15, 0.2) is 0 Å². The topological polar surface area (TPSA) is 58.6 Å². The summed E-state index contributed by atoms with van der Waals surface area (Å²) in [5.74, 6) is 0.0390. The first-order chi connectivity index (χ1) is 14.4. The van der Waals surface area contributed by atoms with E-state index >= 15 is 0 Å². The average Bonchev–Trinajstić information content (AvgIpc) is 2.74. The van der Waals surface area contributed by atoms with E-state index in [2.05, 4.69) is 5.32 Å². The lowest BCUT2D eigenvalue weighted by Gasteiger charge is -2.28. The van der Waals surface area contributed by atoms with E-state index in [1.165, 1.54) is 4.90 Å². The Bertz CT molecular complexity index is 944. The minimum Gasteiger partial charge on any atom is -0.490 e. The SMILES string of the molecule is C[C@@H]1C(=O)N[C@H](c2cccc(Cl)c2)C/C=C\C[C@H](C)Oc2ccccc2C(=O)N1C. The number of likely N-dealkylation sites (N-methyl/N-ethyl adjacent to an activating group) is 1. The number of rotatable bonds is 1. The van der Waals surface area contributed by atoms with Crippen molar-refractivity contribution >= 4 is 23.4 Å². The molecular formula is C24H27ClN2O3. The number of nitrogens with one attached hydrogen (secondary N) is 1. The van der Waals surface area contributed by atoms with Crippen LogP contribution in [0.1, 0.15) is 48.7 Å². The molecule has 1 N–H and O–H groups in total. The number of para-hydroxylation sites is 1. The summed E-state index contributed by atoms with van der Waals surface area (Å²) in [4.78, 5) is 27.5.